The summed E-state index contributed by atoms with van der Waals surface area (Å²) in [6, 6.07) is -2.62. The molecule has 584 valence electrons. The average molecular weight is 1500 g/mol. The molecule has 46 nitrogen and oxygen atoms in total. The van der Waals surface area contributed by atoms with Crippen LogP contribution in [0.15, 0.2) is 42.9 Å². The summed E-state index contributed by atoms with van der Waals surface area (Å²) in [4.78, 5) is 136. The standard InChI is InChI=1S/C60H94N26O20/c1-11-50(106-52(88)23-64-58(94)100-36-45-30-82(8)76-70-45)86(26-41(4)105-54(90)49(66-60(96)102-38-47-32-84(10)78-72-47)17-13-15-19-62-56(92)98-34-43-28-80(6)74-68-43)21-20-85(24-39(2)103-51(87)22-63-57(93)99-35-44-29-81(7)75-69-44)25-40(3)104-53(89)48(65-59(95)101-37-46-31-83(9)77-71-46)16-12-14-18-61-55(91)97-33-42-27-79(5)73-67-42/h27-32,39-41,48-50,69,75H,11-26,33-38H2,1-10H3,(H,61,91)(H,62,92)(H,63,93)(H,64,94)(H,65,95)(H,66,96). The van der Waals surface area contributed by atoms with Crippen molar-refractivity contribution in [2.24, 2.45) is 35.2 Å². The third kappa shape index (κ3) is 32.8. The average Bonchev–Trinajstić information content (AvgIpc) is 1.77. The van der Waals surface area contributed by atoms with Crippen LogP contribution in [0.5, 0.6) is 0 Å². The van der Waals surface area contributed by atoms with E-state index in [1.54, 1.807) is 103 Å². The van der Waals surface area contributed by atoms with Crippen LogP contribution < -0.4 is 42.9 Å². The van der Waals surface area contributed by atoms with E-state index in [0.29, 0.717) is 47.0 Å². The molecule has 0 saturated carbocycles. The summed E-state index contributed by atoms with van der Waals surface area (Å²) in [7, 11) is 9.93. The SMILES string of the molecule is CCC(OC(=O)CNC(=O)OCc1cn(C)nn1)N(CCN(CC(C)OC(=O)CNC(=O)OCC1=CN(C)NN1)CC(C)OC(=O)C(CCCCNC(=O)OCc1cn(C)nn1)NC(=O)OCc1cn(C)nn1)CC(C)OC(=O)C(CCCCNC(=O)OCc1cn(C)nn1)NC(=O)OCc1cn(C)nn1. The number of unbranched alkanes of at least 4 members (excludes halogenated alkanes) is 2. The molecule has 0 aromatic carbocycles. The van der Waals surface area contributed by atoms with E-state index in [-0.39, 0.29) is 118 Å². The van der Waals surface area contributed by atoms with Gasteiger partial charge in [0.15, 0.2) is 6.23 Å². The maximum atomic E-state index is 14.3. The Bertz CT molecular complexity index is 3650. The Morgan fingerprint density at radius 3 is 1.17 bits per heavy atom. The number of ether oxygens (including phenoxy) is 10. The second-order valence-corrected chi connectivity index (χ2v) is 24.2. The van der Waals surface area contributed by atoms with Crippen LogP contribution in [0.2, 0.25) is 0 Å². The summed E-state index contributed by atoms with van der Waals surface area (Å²) >= 11 is 0. The minimum atomic E-state index is -1.32. The molecule has 1 aliphatic rings. The van der Waals surface area contributed by atoms with Crippen LogP contribution in [0.3, 0.4) is 0 Å². The lowest BCUT2D eigenvalue weighted by atomic mass is 10.1. The highest BCUT2D eigenvalue weighted by molar-refractivity contribution is 5.82. The number of aryl methyl sites for hydroxylation is 5. The zero-order valence-corrected chi connectivity index (χ0v) is 60.7. The zero-order chi connectivity index (χ0) is 76.9. The van der Waals surface area contributed by atoms with Gasteiger partial charge in [-0.2, -0.15) is 0 Å². The number of alkyl carbamates (subject to hydrolysis) is 6. The van der Waals surface area contributed by atoms with Crippen LogP contribution in [0.4, 0.5) is 28.8 Å². The van der Waals surface area contributed by atoms with Gasteiger partial charge in [0.2, 0.25) is 0 Å². The van der Waals surface area contributed by atoms with E-state index in [4.69, 9.17) is 47.4 Å². The third-order valence-corrected chi connectivity index (χ3v) is 14.6. The number of hydrogen-bond acceptors (Lipinski definition) is 35. The second-order valence-electron chi connectivity index (χ2n) is 24.2. The van der Waals surface area contributed by atoms with Crippen LogP contribution >= 0.6 is 0 Å². The van der Waals surface area contributed by atoms with Gasteiger partial charge in [-0.15, -0.1) is 31.0 Å². The Balaban J connectivity index is 1.18. The Hall–Kier alpha value is -11.6. The first-order valence-corrected chi connectivity index (χ1v) is 33.7. The molecule has 0 spiro atoms. The van der Waals surface area contributed by atoms with Gasteiger partial charge in [0, 0.05) is 94.3 Å². The number of hydrogen-bond donors (Lipinski definition) is 8. The van der Waals surface area contributed by atoms with Gasteiger partial charge in [0.05, 0.1) is 36.7 Å². The number of nitrogens with one attached hydrogen (secondary N) is 8. The van der Waals surface area contributed by atoms with Crippen molar-refractivity contribution < 1.29 is 95.3 Å². The molecule has 8 N–H and O–H groups in total. The molecule has 0 aliphatic carbocycles. The molecule has 0 bridgehead atoms. The molecule has 6 heterocycles. The van der Waals surface area contributed by atoms with Gasteiger partial charge in [-0.05, 0) is 65.7 Å². The van der Waals surface area contributed by atoms with Gasteiger partial charge < -0.3 is 84.7 Å². The van der Waals surface area contributed by atoms with Crippen molar-refractivity contribution in [2.45, 2.75) is 142 Å². The van der Waals surface area contributed by atoms with E-state index in [2.05, 4.69) is 94.4 Å². The number of nitrogens with zero attached hydrogens (tertiary/aromatic N) is 18. The predicted octanol–water partition coefficient (Wildman–Crippen LogP) is -1.46. The Labute approximate surface area is 608 Å². The molecule has 5 aromatic rings. The molecule has 46 heteroatoms. The maximum Gasteiger partial charge on any atom is 0.408 e. The van der Waals surface area contributed by atoms with Crippen molar-refractivity contribution in [2.75, 3.05) is 72.6 Å². The quantitative estimate of drug-likeness (QED) is 0.00955. The second kappa shape index (κ2) is 44.2. The first-order chi connectivity index (χ1) is 50.7. The number of hydrazine groups is 2. The maximum absolute atomic E-state index is 14.3. The molecule has 0 fully saturated rings. The molecule has 6 atom stereocenters. The Morgan fingerprint density at radius 1 is 0.443 bits per heavy atom. The summed E-state index contributed by atoms with van der Waals surface area (Å²) in [5.74, 6) is -3.52. The van der Waals surface area contributed by atoms with E-state index in [9.17, 15) is 47.9 Å². The highest BCUT2D eigenvalue weighted by atomic mass is 16.6. The van der Waals surface area contributed by atoms with Crippen LogP contribution in [-0.2, 0) is 135 Å². The van der Waals surface area contributed by atoms with Crippen molar-refractivity contribution in [1.82, 2.24) is 133 Å². The lowest BCUT2D eigenvalue weighted by Crippen LogP contribution is -2.50. The summed E-state index contributed by atoms with van der Waals surface area (Å²) < 4.78 is 62.6. The number of amides is 6. The van der Waals surface area contributed by atoms with Crippen LogP contribution in [0.1, 0.15) is 101 Å². The van der Waals surface area contributed by atoms with Crippen LogP contribution in [0.25, 0.3) is 0 Å². The number of carbonyl (C=O) groups excluding carboxylic acids is 10. The van der Waals surface area contributed by atoms with Gasteiger partial charge in [-0.3, -0.25) is 47.8 Å². The zero-order valence-electron chi connectivity index (χ0n) is 60.7. The van der Waals surface area contributed by atoms with Crippen molar-refractivity contribution in [3.05, 3.63) is 71.4 Å². The molecule has 6 amide bonds. The van der Waals surface area contributed by atoms with Crippen molar-refractivity contribution >= 4 is 60.4 Å². The minimum absolute atomic E-state index is 0.00172. The van der Waals surface area contributed by atoms with Gasteiger partial charge >= 0.3 is 60.4 Å². The van der Waals surface area contributed by atoms with Gasteiger partial charge in [0.25, 0.3) is 0 Å². The van der Waals surface area contributed by atoms with Gasteiger partial charge in [-0.25, -0.2) is 38.4 Å². The van der Waals surface area contributed by atoms with E-state index in [1.165, 1.54) is 42.0 Å². The molecule has 0 saturated heterocycles. The fraction of sp³-hybridized carbons (Fsp3) is 0.633. The molecule has 106 heavy (non-hydrogen) atoms. The van der Waals surface area contributed by atoms with E-state index in [0.717, 1.165) is 0 Å². The molecule has 0 radical (unpaired) electrons. The fourth-order valence-corrected chi connectivity index (χ4v) is 9.85. The minimum Gasteiger partial charge on any atom is -0.460 e. The van der Waals surface area contributed by atoms with E-state index >= 15 is 0 Å². The van der Waals surface area contributed by atoms with Crippen LogP contribution in [-0.4, -0.2) is 259 Å². The molecule has 5 aromatic heterocycles. The van der Waals surface area contributed by atoms with Crippen LogP contribution in [0, 0.1) is 0 Å². The molecular weight excluding hydrogens is 1400 g/mol. The lowest BCUT2D eigenvalue weighted by Gasteiger charge is -2.35. The Kier molecular flexibility index (Phi) is 34.7. The van der Waals surface area contributed by atoms with Gasteiger partial charge in [-0.1, -0.05) is 33.0 Å². The number of aromatic nitrogens is 15. The highest BCUT2D eigenvalue weighted by Crippen LogP contribution is 2.15. The van der Waals surface area contributed by atoms with Crippen molar-refractivity contribution in [3.63, 3.8) is 0 Å². The van der Waals surface area contributed by atoms with Crippen molar-refractivity contribution in [1.29, 1.82) is 0 Å². The first-order valence-electron chi connectivity index (χ1n) is 33.7. The fourth-order valence-electron chi connectivity index (χ4n) is 9.85. The largest absolute Gasteiger partial charge is 0.460 e. The molecule has 6 unspecified atom stereocenters. The summed E-state index contributed by atoms with van der Waals surface area (Å²) in [6.45, 7) is 3.80. The smallest absolute Gasteiger partial charge is 0.408 e. The van der Waals surface area contributed by atoms with Crippen molar-refractivity contribution in [3.8, 4) is 0 Å². The third-order valence-electron chi connectivity index (χ3n) is 14.6. The summed E-state index contributed by atoms with van der Waals surface area (Å²) in [6.07, 6.45) is 1.29. The predicted molar refractivity (Wildman–Crippen MR) is 358 cm³/mol. The topological polar surface area (TPSA) is 523 Å². The number of carbonyl (C=O) groups is 10. The highest BCUT2D eigenvalue weighted by Gasteiger charge is 2.31. The monoisotopic (exact) mass is 1500 g/mol. The summed E-state index contributed by atoms with van der Waals surface area (Å²) in [5.41, 5.74) is 7.96. The number of esters is 4. The van der Waals surface area contributed by atoms with Gasteiger partial charge in [0.1, 0.15) is 112 Å². The number of rotatable bonds is 45. The molecule has 6 rings (SSSR count). The normalized spacial score (nSPS) is 13.5. The molecule has 1 aliphatic heterocycles. The van der Waals surface area contributed by atoms with E-state index in [1.807, 2.05) is 0 Å². The van der Waals surface area contributed by atoms with E-state index < -0.39 is 110 Å². The molecular formula is C60H94N26O20. The first kappa shape index (κ1) is 83.4. The summed E-state index contributed by atoms with van der Waals surface area (Å²) in [5, 5.41) is 55.3. The lowest BCUT2D eigenvalue weighted by molar-refractivity contribution is -0.164. The Morgan fingerprint density at radius 2 is 0.802 bits per heavy atom.